The van der Waals surface area contributed by atoms with E-state index in [1.165, 1.54) is 27.6 Å². The predicted molar refractivity (Wildman–Crippen MR) is 137 cm³/mol. The minimum absolute atomic E-state index is 0.00492. The van der Waals surface area contributed by atoms with Gasteiger partial charge in [0.25, 0.3) is 0 Å². The molecule has 3 aromatic rings. The molecule has 3 aromatic carbocycles. The lowest BCUT2D eigenvalue weighted by molar-refractivity contribution is -0.0239. The van der Waals surface area contributed by atoms with Gasteiger partial charge in [-0.05, 0) is 87.5 Å². The van der Waals surface area contributed by atoms with Crippen LogP contribution in [0.4, 0.5) is 5.69 Å². The van der Waals surface area contributed by atoms with Crippen molar-refractivity contribution in [1.82, 2.24) is 4.90 Å². The zero-order valence-corrected chi connectivity index (χ0v) is 20.8. The van der Waals surface area contributed by atoms with Gasteiger partial charge in [0.05, 0.1) is 6.04 Å². The van der Waals surface area contributed by atoms with Gasteiger partial charge in [-0.15, -0.1) is 0 Å². The van der Waals surface area contributed by atoms with E-state index in [9.17, 15) is 0 Å². The molecule has 0 bridgehead atoms. The Kier molecular flexibility index (Phi) is 5.98. The van der Waals surface area contributed by atoms with Crippen molar-refractivity contribution in [3.8, 4) is 5.75 Å². The molecule has 0 radical (unpaired) electrons. The summed E-state index contributed by atoms with van der Waals surface area (Å²) in [7, 11) is 4.24. The van der Waals surface area contributed by atoms with Crippen molar-refractivity contribution in [3.05, 3.63) is 71.8 Å². The number of hydrogen-bond acceptors (Lipinski definition) is 3. The molecule has 4 rings (SSSR count). The Morgan fingerprint density at radius 2 is 1.66 bits per heavy atom. The molecule has 0 aliphatic carbocycles. The Bertz CT molecular complexity index is 1100. The van der Waals surface area contributed by atoms with E-state index in [4.69, 9.17) is 4.74 Å². The number of hydrogen-bond donors (Lipinski definition) is 0. The Balaban J connectivity index is 1.60. The Hall–Kier alpha value is -2.52. The molecule has 1 aliphatic rings. The SMILES string of the molecule is C[C@H](c1ccc2ccc(OC(C)(C)C(C)(C)CN(C)C)cc2c1)N1CCc2ccccc21. The van der Waals surface area contributed by atoms with E-state index in [-0.39, 0.29) is 11.0 Å². The fraction of sp³-hybridized carbons (Fsp3) is 0.448. The minimum atomic E-state index is -0.297. The molecule has 0 amide bonds. The Morgan fingerprint density at radius 3 is 2.41 bits per heavy atom. The standard InChI is InChI=1S/C29H38N2O/c1-21(31-17-16-23-10-8-9-11-27(23)31)24-13-12-22-14-15-26(19-25(22)18-24)32-29(4,5)28(2,3)20-30(6)7/h8-15,18-19,21H,16-17,20H2,1-7H3/t21-/m1/s1. The van der Waals surface area contributed by atoms with Gasteiger partial charge in [0.15, 0.2) is 0 Å². The van der Waals surface area contributed by atoms with Crippen LogP contribution >= 0.6 is 0 Å². The lowest BCUT2D eigenvalue weighted by Crippen LogP contribution is -2.49. The van der Waals surface area contributed by atoms with E-state index < -0.39 is 0 Å². The first-order chi connectivity index (χ1) is 15.1. The number of fused-ring (bicyclic) bond motifs is 2. The van der Waals surface area contributed by atoms with E-state index >= 15 is 0 Å². The maximum Gasteiger partial charge on any atom is 0.120 e. The zero-order valence-electron chi connectivity index (χ0n) is 20.8. The molecule has 0 aromatic heterocycles. The van der Waals surface area contributed by atoms with Crippen LogP contribution in [0.3, 0.4) is 0 Å². The van der Waals surface area contributed by atoms with E-state index in [1.54, 1.807) is 0 Å². The first-order valence-corrected chi connectivity index (χ1v) is 11.8. The maximum atomic E-state index is 6.59. The van der Waals surface area contributed by atoms with Gasteiger partial charge in [-0.1, -0.05) is 50.2 Å². The van der Waals surface area contributed by atoms with Crippen LogP contribution in [0, 0.1) is 5.41 Å². The summed E-state index contributed by atoms with van der Waals surface area (Å²) in [5, 5.41) is 2.49. The predicted octanol–water partition coefficient (Wildman–Crippen LogP) is 6.71. The molecule has 0 N–H and O–H groups in total. The van der Waals surface area contributed by atoms with E-state index in [2.05, 4.69) is 119 Å². The first-order valence-electron chi connectivity index (χ1n) is 11.8. The topological polar surface area (TPSA) is 15.7 Å². The third-order valence-electron chi connectivity index (χ3n) is 7.42. The van der Waals surface area contributed by atoms with Crippen LogP contribution in [0.5, 0.6) is 5.75 Å². The quantitative estimate of drug-likeness (QED) is 0.414. The average Bonchev–Trinajstić information content (AvgIpc) is 3.15. The summed E-state index contributed by atoms with van der Waals surface area (Å²) in [6.07, 6.45) is 1.13. The second-order valence-corrected chi connectivity index (χ2v) is 10.8. The first kappa shape index (κ1) is 22.7. The van der Waals surface area contributed by atoms with Crippen molar-refractivity contribution in [2.24, 2.45) is 5.41 Å². The lowest BCUT2D eigenvalue weighted by Gasteiger charge is -2.43. The number of rotatable bonds is 7. The summed E-state index contributed by atoms with van der Waals surface area (Å²) in [6.45, 7) is 13.3. The monoisotopic (exact) mass is 430 g/mol. The van der Waals surface area contributed by atoms with Crippen LogP contribution in [-0.4, -0.2) is 37.7 Å². The molecular formula is C29H38N2O. The van der Waals surface area contributed by atoms with Crippen molar-refractivity contribution >= 4 is 16.5 Å². The van der Waals surface area contributed by atoms with E-state index in [0.29, 0.717) is 6.04 Å². The molecule has 0 saturated heterocycles. The average molecular weight is 431 g/mol. The molecular weight excluding hydrogens is 392 g/mol. The van der Waals surface area contributed by atoms with Crippen molar-refractivity contribution in [2.75, 3.05) is 32.1 Å². The molecule has 0 spiro atoms. The van der Waals surface area contributed by atoms with Gasteiger partial charge in [0.1, 0.15) is 11.4 Å². The van der Waals surface area contributed by atoms with Gasteiger partial charge in [-0.2, -0.15) is 0 Å². The van der Waals surface area contributed by atoms with Crippen LogP contribution in [0.25, 0.3) is 10.8 Å². The summed E-state index contributed by atoms with van der Waals surface area (Å²) in [5.41, 5.74) is 3.89. The summed E-state index contributed by atoms with van der Waals surface area (Å²) < 4.78 is 6.59. The van der Waals surface area contributed by atoms with Crippen LogP contribution in [0.15, 0.2) is 60.7 Å². The molecule has 1 atom stereocenters. The summed E-state index contributed by atoms with van der Waals surface area (Å²) >= 11 is 0. The highest BCUT2D eigenvalue weighted by Gasteiger charge is 2.39. The van der Waals surface area contributed by atoms with Crippen molar-refractivity contribution in [3.63, 3.8) is 0 Å². The lowest BCUT2D eigenvalue weighted by atomic mass is 9.76. The highest BCUT2D eigenvalue weighted by atomic mass is 16.5. The summed E-state index contributed by atoms with van der Waals surface area (Å²) in [4.78, 5) is 4.76. The zero-order chi connectivity index (χ0) is 23.1. The van der Waals surface area contributed by atoms with Gasteiger partial charge in [-0.25, -0.2) is 0 Å². The van der Waals surface area contributed by atoms with Gasteiger partial charge < -0.3 is 14.5 Å². The molecule has 32 heavy (non-hydrogen) atoms. The Morgan fingerprint density at radius 1 is 0.938 bits per heavy atom. The molecule has 3 heteroatoms. The second kappa shape index (κ2) is 8.44. The highest BCUT2D eigenvalue weighted by Crippen LogP contribution is 2.38. The van der Waals surface area contributed by atoms with Crippen molar-refractivity contribution in [1.29, 1.82) is 0 Å². The Labute approximate surface area is 194 Å². The normalized spacial score (nSPS) is 15.3. The van der Waals surface area contributed by atoms with Crippen LogP contribution in [0.1, 0.15) is 51.8 Å². The van der Waals surface area contributed by atoms with Gasteiger partial charge >= 0.3 is 0 Å². The van der Waals surface area contributed by atoms with Gasteiger partial charge in [0.2, 0.25) is 0 Å². The van der Waals surface area contributed by atoms with Crippen LogP contribution < -0.4 is 9.64 Å². The summed E-state index contributed by atoms with van der Waals surface area (Å²) in [5.74, 6) is 0.936. The van der Waals surface area contributed by atoms with Crippen molar-refractivity contribution in [2.45, 2.75) is 52.7 Å². The molecule has 1 heterocycles. The fourth-order valence-electron chi connectivity index (χ4n) is 4.93. The number of ether oxygens (including phenoxy) is 1. The molecule has 0 fully saturated rings. The molecule has 0 saturated carbocycles. The second-order valence-electron chi connectivity index (χ2n) is 10.8. The van der Waals surface area contributed by atoms with Crippen LogP contribution in [-0.2, 0) is 6.42 Å². The number of para-hydroxylation sites is 1. The minimum Gasteiger partial charge on any atom is -0.487 e. The maximum absolute atomic E-state index is 6.59. The molecule has 1 aliphatic heterocycles. The number of benzene rings is 3. The number of anilines is 1. The molecule has 170 valence electrons. The molecule has 0 unspecified atom stereocenters. The smallest absolute Gasteiger partial charge is 0.120 e. The van der Waals surface area contributed by atoms with Crippen LogP contribution in [0.2, 0.25) is 0 Å². The summed E-state index contributed by atoms with van der Waals surface area (Å²) in [6, 6.07) is 22.5. The number of nitrogens with zero attached hydrogens (tertiary/aromatic N) is 2. The molecule has 3 nitrogen and oxygen atoms in total. The highest BCUT2D eigenvalue weighted by molar-refractivity contribution is 5.84. The van der Waals surface area contributed by atoms with E-state index in [0.717, 1.165) is 25.3 Å². The third-order valence-corrected chi connectivity index (χ3v) is 7.42. The van der Waals surface area contributed by atoms with Gasteiger partial charge in [-0.3, -0.25) is 0 Å². The fourth-order valence-corrected chi connectivity index (χ4v) is 4.93. The van der Waals surface area contributed by atoms with Gasteiger partial charge in [0, 0.05) is 24.2 Å². The largest absolute Gasteiger partial charge is 0.487 e. The van der Waals surface area contributed by atoms with Crippen molar-refractivity contribution < 1.29 is 4.74 Å². The van der Waals surface area contributed by atoms with E-state index in [1.807, 2.05) is 0 Å². The third kappa shape index (κ3) is 4.36.